The topological polar surface area (TPSA) is 47.9 Å². The summed E-state index contributed by atoms with van der Waals surface area (Å²) >= 11 is 0. The molecule has 1 aliphatic heterocycles. The van der Waals surface area contributed by atoms with Crippen molar-refractivity contribution in [1.82, 2.24) is 0 Å². The molecule has 0 bridgehead atoms. The summed E-state index contributed by atoms with van der Waals surface area (Å²) in [5, 5.41) is 0. The van der Waals surface area contributed by atoms with Crippen LogP contribution in [0.1, 0.15) is 18.4 Å². The Morgan fingerprint density at radius 3 is 2.71 bits per heavy atom. The molecule has 0 spiro atoms. The van der Waals surface area contributed by atoms with Gasteiger partial charge in [-0.2, -0.15) is 4.99 Å². The summed E-state index contributed by atoms with van der Waals surface area (Å²) in [5.74, 6) is -0.0612. The van der Waals surface area contributed by atoms with Gasteiger partial charge in [-0.05, 0) is 18.9 Å². The van der Waals surface area contributed by atoms with Gasteiger partial charge in [0, 0.05) is 5.56 Å². The third kappa shape index (κ3) is 1.49. The molecule has 0 unspecified atom stereocenters. The van der Waals surface area contributed by atoms with Gasteiger partial charge >= 0.3 is 6.29 Å². The normalized spacial score (nSPS) is 21.8. The van der Waals surface area contributed by atoms with Crippen molar-refractivity contribution in [2.75, 3.05) is 0 Å². The van der Waals surface area contributed by atoms with Crippen LogP contribution in [0.25, 0.3) is 0 Å². The summed E-state index contributed by atoms with van der Waals surface area (Å²) in [6.07, 6.45) is -0.944. The number of para-hydroxylation sites is 1. The van der Waals surface area contributed by atoms with E-state index in [1.807, 2.05) is 0 Å². The molecule has 1 saturated carbocycles. The first-order chi connectivity index (χ1) is 8.06. The highest BCUT2D eigenvalue weighted by Gasteiger charge is 2.52. The smallest absolute Gasteiger partial charge is 0.395 e. The van der Waals surface area contributed by atoms with Gasteiger partial charge in [-0.15, -0.1) is 8.78 Å². The second-order valence-corrected chi connectivity index (χ2v) is 4.04. The zero-order chi connectivity index (χ0) is 12.1. The minimum Gasteiger partial charge on any atom is -0.395 e. The van der Waals surface area contributed by atoms with E-state index in [-0.39, 0.29) is 11.5 Å². The summed E-state index contributed by atoms with van der Waals surface area (Å²) < 4.78 is 34.7. The maximum absolute atomic E-state index is 13.0. The van der Waals surface area contributed by atoms with E-state index in [4.69, 9.17) is 0 Å². The van der Waals surface area contributed by atoms with Crippen molar-refractivity contribution in [3.8, 4) is 11.5 Å². The van der Waals surface area contributed by atoms with Crippen LogP contribution in [0, 0.1) is 0 Å². The van der Waals surface area contributed by atoms with Gasteiger partial charge in [-0.1, -0.05) is 12.1 Å². The average Bonchev–Trinajstić information content (AvgIpc) is 2.94. The predicted molar refractivity (Wildman–Crippen MR) is 51.7 cm³/mol. The molecule has 2 aliphatic rings. The number of ether oxygens (including phenoxy) is 2. The number of hydrogen-bond acceptors (Lipinski definition) is 4. The van der Waals surface area contributed by atoms with Crippen LogP contribution < -0.4 is 9.47 Å². The number of alkyl halides is 2. The molecule has 0 N–H and O–H groups in total. The molecular weight excluding hydrogens is 232 g/mol. The Kier molecular flexibility index (Phi) is 1.83. The molecule has 0 radical (unpaired) electrons. The molecule has 0 atom stereocenters. The number of hydrogen-bond donors (Lipinski definition) is 0. The number of nitrogens with zero attached hydrogens (tertiary/aromatic N) is 1. The summed E-state index contributed by atoms with van der Waals surface area (Å²) in [7, 11) is 0. The van der Waals surface area contributed by atoms with Crippen LogP contribution in [0.15, 0.2) is 23.2 Å². The maximum Gasteiger partial charge on any atom is 0.586 e. The Morgan fingerprint density at radius 2 is 2.06 bits per heavy atom. The Labute approximate surface area is 94.9 Å². The van der Waals surface area contributed by atoms with Gasteiger partial charge in [0.25, 0.3) is 0 Å². The molecule has 88 valence electrons. The van der Waals surface area contributed by atoms with Crippen molar-refractivity contribution < 1.29 is 23.0 Å². The third-order valence-electron chi connectivity index (χ3n) is 2.91. The van der Waals surface area contributed by atoms with Crippen LogP contribution >= 0.6 is 0 Å². The van der Waals surface area contributed by atoms with Gasteiger partial charge in [0.15, 0.2) is 11.5 Å². The molecular formula is C11H7F2NO3. The molecule has 1 aliphatic carbocycles. The van der Waals surface area contributed by atoms with Crippen LogP contribution in [0.3, 0.4) is 0 Å². The van der Waals surface area contributed by atoms with E-state index in [2.05, 4.69) is 14.5 Å². The molecule has 0 saturated heterocycles. The van der Waals surface area contributed by atoms with E-state index in [9.17, 15) is 13.6 Å². The van der Waals surface area contributed by atoms with Crippen LogP contribution in [-0.2, 0) is 10.3 Å². The second kappa shape index (κ2) is 3.05. The summed E-state index contributed by atoms with van der Waals surface area (Å²) in [4.78, 5) is 14.0. The highest BCUT2D eigenvalue weighted by Crippen LogP contribution is 2.56. The van der Waals surface area contributed by atoms with Gasteiger partial charge in [0.1, 0.15) is 5.54 Å². The Morgan fingerprint density at radius 1 is 1.29 bits per heavy atom. The second-order valence-electron chi connectivity index (χ2n) is 4.04. The lowest BCUT2D eigenvalue weighted by Crippen LogP contribution is -2.26. The largest absolute Gasteiger partial charge is 0.586 e. The highest BCUT2D eigenvalue weighted by molar-refractivity contribution is 5.55. The molecule has 1 aromatic rings. The molecule has 6 heteroatoms. The predicted octanol–water partition coefficient (Wildman–Crippen LogP) is 2.33. The number of carbonyl (C=O) groups excluding carboxylic acids is 1. The zero-order valence-corrected chi connectivity index (χ0v) is 8.57. The van der Waals surface area contributed by atoms with E-state index in [0.29, 0.717) is 18.4 Å². The first-order valence-corrected chi connectivity index (χ1v) is 5.05. The van der Waals surface area contributed by atoms with Crippen molar-refractivity contribution in [1.29, 1.82) is 0 Å². The van der Waals surface area contributed by atoms with E-state index in [1.54, 1.807) is 12.1 Å². The van der Waals surface area contributed by atoms with Gasteiger partial charge in [0.2, 0.25) is 6.08 Å². The quantitative estimate of drug-likeness (QED) is 0.587. The molecule has 3 rings (SSSR count). The van der Waals surface area contributed by atoms with Gasteiger partial charge in [0.05, 0.1) is 0 Å². The van der Waals surface area contributed by atoms with E-state index in [1.165, 1.54) is 12.1 Å². The first kappa shape index (κ1) is 10.2. The number of fused-ring (bicyclic) bond motifs is 1. The number of isocyanates is 1. The average molecular weight is 239 g/mol. The van der Waals surface area contributed by atoms with Crippen LogP contribution in [0.2, 0.25) is 0 Å². The van der Waals surface area contributed by atoms with E-state index >= 15 is 0 Å². The number of rotatable bonds is 2. The Hall–Kier alpha value is -1.94. The van der Waals surface area contributed by atoms with E-state index < -0.39 is 11.8 Å². The van der Waals surface area contributed by atoms with Crippen molar-refractivity contribution in [3.63, 3.8) is 0 Å². The van der Waals surface area contributed by atoms with Crippen LogP contribution in [0.4, 0.5) is 8.78 Å². The zero-order valence-electron chi connectivity index (χ0n) is 8.57. The number of benzene rings is 1. The van der Waals surface area contributed by atoms with Crippen LogP contribution in [-0.4, -0.2) is 12.4 Å². The fourth-order valence-corrected chi connectivity index (χ4v) is 1.98. The molecule has 17 heavy (non-hydrogen) atoms. The number of halogens is 2. The van der Waals surface area contributed by atoms with Crippen molar-refractivity contribution in [3.05, 3.63) is 23.8 Å². The van der Waals surface area contributed by atoms with Crippen LogP contribution in [0.5, 0.6) is 11.5 Å². The van der Waals surface area contributed by atoms with Crippen molar-refractivity contribution in [2.45, 2.75) is 24.7 Å². The summed E-state index contributed by atoms with van der Waals surface area (Å²) in [6.45, 7) is 0. The fraction of sp³-hybridized carbons (Fsp3) is 0.364. The monoisotopic (exact) mass is 239 g/mol. The standard InChI is InChI=1S/C11H7F2NO3/c12-11(13)16-8-3-1-2-7(9(8)17-11)10(4-5-10)14-6-15/h1-3H,4-5H2. The molecule has 0 aromatic heterocycles. The van der Waals surface area contributed by atoms with Gasteiger partial charge < -0.3 is 9.47 Å². The minimum absolute atomic E-state index is 0.0279. The molecule has 1 heterocycles. The number of aliphatic imine (C=N–C) groups is 1. The van der Waals surface area contributed by atoms with E-state index in [0.717, 1.165) is 0 Å². The summed E-state index contributed by atoms with van der Waals surface area (Å²) in [5.41, 5.74) is -0.299. The minimum atomic E-state index is -3.65. The molecule has 1 fully saturated rings. The highest BCUT2D eigenvalue weighted by atomic mass is 19.3. The Bertz CT molecular complexity index is 534. The third-order valence-corrected chi connectivity index (χ3v) is 2.91. The lowest BCUT2D eigenvalue weighted by Gasteiger charge is -2.11. The molecule has 0 amide bonds. The van der Waals surface area contributed by atoms with Crippen molar-refractivity contribution >= 4 is 6.08 Å². The molecule has 4 nitrogen and oxygen atoms in total. The summed E-state index contributed by atoms with van der Waals surface area (Å²) in [6, 6.07) is 4.57. The first-order valence-electron chi connectivity index (χ1n) is 5.05. The maximum atomic E-state index is 13.0. The fourth-order valence-electron chi connectivity index (χ4n) is 1.98. The Balaban J connectivity index is 2.10. The van der Waals surface area contributed by atoms with Gasteiger partial charge in [-0.25, -0.2) is 4.79 Å². The SMILES string of the molecule is O=C=NC1(c2cccc3c2OC(F)(F)O3)CC1. The lowest BCUT2D eigenvalue weighted by molar-refractivity contribution is -0.287. The lowest BCUT2D eigenvalue weighted by atomic mass is 10.0. The van der Waals surface area contributed by atoms with Crippen molar-refractivity contribution in [2.24, 2.45) is 4.99 Å². The van der Waals surface area contributed by atoms with Gasteiger partial charge in [-0.3, -0.25) is 0 Å². The molecule has 1 aromatic carbocycles.